The fourth-order valence-electron chi connectivity index (χ4n) is 6.04. The smallest absolute Gasteiger partial charge is 0.319 e. The number of piperidine rings is 1. The van der Waals surface area contributed by atoms with Crippen LogP contribution in [0.5, 0.6) is 6.01 Å². The van der Waals surface area contributed by atoms with Crippen LogP contribution in [0.3, 0.4) is 0 Å². The minimum atomic E-state index is -0.158. The second kappa shape index (κ2) is 8.15. The number of ether oxygens (including phenoxy) is 1. The molecule has 0 spiro atoms. The van der Waals surface area contributed by atoms with Crippen molar-refractivity contribution in [2.75, 3.05) is 24.6 Å². The molecule has 2 N–H and O–H groups in total. The van der Waals surface area contributed by atoms with Gasteiger partial charge in [-0.25, -0.2) is 4.98 Å². The molecule has 36 heavy (non-hydrogen) atoms. The third-order valence-corrected chi connectivity index (χ3v) is 8.44. The van der Waals surface area contributed by atoms with Gasteiger partial charge in [0.15, 0.2) is 5.65 Å². The molecule has 10 nitrogen and oxygen atoms in total. The van der Waals surface area contributed by atoms with Gasteiger partial charge in [-0.2, -0.15) is 20.3 Å². The lowest BCUT2D eigenvalue weighted by molar-refractivity contribution is -0.0439. The highest BCUT2D eigenvalue weighted by molar-refractivity contribution is 5.94. The number of amides is 1. The first-order valence-electron chi connectivity index (χ1n) is 12.9. The van der Waals surface area contributed by atoms with Gasteiger partial charge in [-0.15, -0.1) is 0 Å². The van der Waals surface area contributed by atoms with Crippen LogP contribution in [0.4, 0.5) is 5.82 Å². The summed E-state index contributed by atoms with van der Waals surface area (Å²) >= 11 is 0. The molecule has 5 aliphatic rings. The first-order chi connectivity index (χ1) is 17.6. The van der Waals surface area contributed by atoms with Crippen molar-refractivity contribution in [3.63, 3.8) is 0 Å². The SMILES string of the molecule is N#C[C@@H]1C[C@@H]1COc1nc(C(=O)NC23CC(C2)C3)cc(N2CCC(c3[nH]nc4ncccc34)CC2)n1.[HH].[HH]. The third kappa shape index (κ3) is 3.74. The molecule has 8 rings (SSSR count). The van der Waals surface area contributed by atoms with Gasteiger partial charge in [-0.3, -0.25) is 9.89 Å². The molecule has 4 saturated carbocycles. The third-order valence-electron chi connectivity index (χ3n) is 8.44. The van der Waals surface area contributed by atoms with Gasteiger partial charge in [0.2, 0.25) is 0 Å². The van der Waals surface area contributed by atoms with Crippen LogP contribution in [-0.2, 0) is 0 Å². The van der Waals surface area contributed by atoms with E-state index in [1.165, 1.54) is 0 Å². The number of H-pyrrole nitrogens is 1. The lowest BCUT2D eigenvalue weighted by atomic mass is 9.50. The second-order valence-electron chi connectivity index (χ2n) is 10.9. The van der Waals surface area contributed by atoms with E-state index < -0.39 is 0 Å². The fourth-order valence-corrected chi connectivity index (χ4v) is 6.04. The quantitative estimate of drug-likeness (QED) is 0.517. The van der Waals surface area contributed by atoms with E-state index >= 15 is 0 Å². The zero-order valence-corrected chi connectivity index (χ0v) is 20.0. The molecule has 0 unspecified atom stereocenters. The monoisotopic (exact) mass is 488 g/mol. The number of fused-ring (bicyclic) bond motifs is 1. The lowest BCUT2D eigenvalue weighted by Gasteiger charge is -2.61. The summed E-state index contributed by atoms with van der Waals surface area (Å²) in [6.45, 7) is 2.00. The number of nitrogens with zero attached hydrogens (tertiary/aromatic N) is 6. The van der Waals surface area contributed by atoms with Crippen LogP contribution in [0.1, 0.15) is 63.5 Å². The van der Waals surface area contributed by atoms with Crippen molar-refractivity contribution in [3.8, 4) is 12.1 Å². The number of nitrogens with one attached hydrogen (secondary N) is 2. The number of rotatable bonds is 7. The molecule has 1 aliphatic heterocycles. The normalized spacial score (nSPS) is 28.6. The lowest BCUT2D eigenvalue weighted by Crippen LogP contribution is -2.68. The van der Waals surface area contributed by atoms with Crippen molar-refractivity contribution in [2.45, 2.75) is 50.0 Å². The van der Waals surface area contributed by atoms with Crippen LogP contribution in [-0.4, -0.2) is 56.3 Å². The molecule has 4 heterocycles. The average Bonchev–Trinajstić information content (AvgIpc) is 3.51. The Labute approximate surface area is 211 Å². The minimum Gasteiger partial charge on any atom is -0.463 e. The molecule has 10 heteroatoms. The molecular formula is C26H32N8O2. The van der Waals surface area contributed by atoms with E-state index in [1.54, 1.807) is 12.3 Å². The molecule has 4 aliphatic carbocycles. The molecule has 1 amide bonds. The van der Waals surface area contributed by atoms with E-state index in [9.17, 15) is 4.79 Å². The number of pyridine rings is 1. The van der Waals surface area contributed by atoms with Gasteiger partial charge < -0.3 is 15.0 Å². The standard InChI is InChI=1S/C26H28N8O2.2H2/c27-13-17-8-18(17)14-36-25-29-20(24(35)31-26-10-15(11-26)12-26)9-21(30-25)34-6-3-16(4-7-34)22-19-2-1-5-28-23(19)33-32-22;;/h1-2,5,9,15-18H,3-4,6-8,10-12,14H2,(H,31,35)(H,28,32,33);2*1H/t15?,17-,18+,26?;;/m0../s1. The predicted octanol–water partition coefficient (Wildman–Crippen LogP) is 3.44. The topological polar surface area (TPSA) is 133 Å². The van der Waals surface area contributed by atoms with Gasteiger partial charge in [0.1, 0.15) is 11.5 Å². The Bertz CT molecular complexity index is 1370. The Morgan fingerprint density at radius 1 is 1.31 bits per heavy atom. The summed E-state index contributed by atoms with van der Waals surface area (Å²) in [7, 11) is 0. The van der Waals surface area contributed by atoms with Gasteiger partial charge in [-0.05, 0) is 56.6 Å². The maximum absolute atomic E-state index is 13.1. The van der Waals surface area contributed by atoms with Gasteiger partial charge in [0, 0.05) is 56.7 Å². The van der Waals surface area contributed by atoms with Crippen LogP contribution < -0.4 is 15.0 Å². The number of anilines is 1. The Balaban J connectivity index is 0.00000147. The number of nitriles is 1. The molecule has 0 aromatic carbocycles. The summed E-state index contributed by atoms with van der Waals surface area (Å²) in [5.41, 5.74) is 2.21. The molecular weight excluding hydrogens is 456 g/mol. The van der Waals surface area contributed by atoms with E-state index in [1.807, 2.05) is 6.07 Å². The van der Waals surface area contributed by atoms with Crippen molar-refractivity contribution in [3.05, 3.63) is 35.8 Å². The van der Waals surface area contributed by atoms with Crippen molar-refractivity contribution in [1.29, 1.82) is 5.26 Å². The summed E-state index contributed by atoms with van der Waals surface area (Å²) < 4.78 is 5.89. The Hall–Kier alpha value is -3.74. The first kappa shape index (κ1) is 21.5. The number of hydrogen-bond acceptors (Lipinski definition) is 8. The average molecular weight is 489 g/mol. The summed E-state index contributed by atoms with van der Waals surface area (Å²) in [5.74, 6) is 1.96. The van der Waals surface area contributed by atoms with Gasteiger partial charge >= 0.3 is 6.01 Å². The van der Waals surface area contributed by atoms with Crippen molar-refractivity contribution < 1.29 is 12.4 Å². The maximum atomic E-state index is 13.1. The van der Waals surface area contributed by atoms with Crippen molar-refractivity contribution >= 4 is 22.8 Å². The predicted molar refractivity (Wildman–Crippen MR) is 135 cm³/mol. The van der Waals surface area contributed by atoms with E-state index in [4.69, 9.17) is 10.00 Å². The molecule has 5 fully saturated rings. The summed E-state index contributed by atoms with van der Waals surface area (Å²) in [4.78, 5) is 28.8. The molecule has 2 atom stereocenters. The largest absolute Gasteiger partial charge is 0.463 e. The summed E-state index contributed by atoms with van der Waals surface area (Å²) in [6, 6.07) is 8.30. The van der Waals surface area contributed by atoms with Crippen LogP contribution in [0, 0.1) is 29.1 Å². The summed E-state index contributed by atoms with van der Waals surface area (Å²) in [5, 5.41) is 20.9. The number of carbonyl (C=O) groups is 1. The van der Waals surface area contributed by atoms with E-state index in [2.05, 4.69) is 47.5 Å². The number of hydrogen-bond donors (Lipinski definition) is 2. The minimum absolute atomic E-state index is 0. The van der Waals surface area contributed by atoms with Crippen molar-refractivity contribution in [2.24, 2.45) is 17.8 Å². The molecule has 0 radical (unpaired) electrons. The first-order valence-corrected chi connectivity index (χ1v) is 12.9. The summed E-state index contributed by atoms with van der Waals surface area (Å²) in [6.07, 6.45) is 7.69. The van der Waals surface area contributed by atoms with E-state index in [0.29, 0.717) is 24.0 Å². The maximum Gasteiger partial charge on any atom is 0.319 e. The Kier molecular flexibility index (Phi) is 4.88. The number of aromatic nitrogens is 5. The number of carbonyl (C=O) groups excluding carboxylic acids is 1. The van der Waals surface area contributed by atoms with Crippen LogP contribution >= 0.6 is 0 Å². The molecule has 3 aromatic heterocycles. The Morgan fingerprint density at radius 2 is 2.14 bits per heavy atom. The zero-order valence-electron chi connectivity index (χ0n) is 20.0. The highest BCUT2D eigenvalue weighted by atomic mass is 16.5. The van der Waals surface area contributed by atoms with E-state index in [-0.39, 0.29) is 32.1 Å². The van der Waals surface area contributed by atoms with E-state index in [0.717, 1.165) is 74.3 Å². The van der Waals surface area contributed by atoms with Gasteiger partial charge in [-0.1, -0.05) is 0 Å². The van der Waals surface area contributed by atoms with Crippen LogP contribution in [0.2, 0.25) is 0 Å². The molecule has 1 saturated heterocycles. The molecule has 188 valence electrons. The zero-order chi connectivity index (χ0) is 24.3. The molecule has 2 bridgehead atoms. The fraction of sp³-hybridized carbons (Fsp3) is 0.538. The van der Waals surface area contributed by atoms with Crippen molar-refractivity contribution in [1.82, 2.24) is 30.5 Å². The second-order valence-corrected chi connectivity index (χ2v) is 10.9. The molecule has 3 aromatic rings. The number of aromatic amines is 1. The van der Waals surface area contributed by atoms with Gasteiger partial charge in [0.25, 0.3) is 5.91 Å². The van der Waals surface area contributed by atoms with Crippen LogP contribution in [0.25, 0.3) is 11.0 Å². The highest BCUT2D eigenvalue weighted by Gasteiger charge is 2.57. The highest BCUT2D eigenvalue weighted by Crippen LogP contribution is 2.57. The van der Waals surface area contributed by atoms with Crippen LogP contribution in [0.15, 0.2) is 24.4 Å². The van der Waals surface area contributed by atoms with Gasteiger partial charge in [0.05, 0.1) is 18.6 Å². The Morgan fingerprint density at radius 3 is 2.86 bits per heavy atom.